The molecule has 13 heavy (non-hydrogen) atoms. The first-order valence-corrected chi connectivity index (χ1v) is 4.62. The zero-order valence-corrected chi connectivity index (χ0v) is 7.58. The first-order chi connectivity index (χ1) is 6.20. The number of Topliss-reactive ketones (excluding diaryl/α,β-unsaturated/α-hetero) is 1. The van der Waals surface area contributed by atoms with E-state index in [0.29, 0.717) is 0 Å². The summed E-state index contributed by atoms with van der Waals surface area (Å²) in [5.41, 5.74) is 0. The molecule has 0 bridgehead atoms. The van der Waals surface area contributed by atoms with Crippen LogP contribution in [0.5, 0.6) is 0 Å². The van der Waals surface area contributed by atoms with E-state index in [1.54, 1.807) is 0 Å². The molecule has 4 heteroatoms. The van der Waals surface area contributed by atoms with Crippen LogP contribution in [0.25, 0.3) is 0 Å². The van der Waals surface area contributed by atoms with Gasteiger partial charge in [0.15, 0.2) is 0 Å². The van der Waals surface area contributed by atoms with E-state index in [1.165, 1.54) is 11.8 Å². The average Bonchev–Trinajstić information content (AvgIpc) is 2.15. The molecule has 0 aliphatic heterocycles. The van der Waals surface area contributed by atoms with Crippen molar-refractivity contribution in [3.8, 4) is 0 Å². The van der Waals surface area contributed by atoms with E-state index in [-0.39, 0.29) is 5.75 Å². The monoisotopic (exact) mass is 196 g/mol. The number of hydrogen-bond acceptors (Lipinski definition) is 3. The quantitative estimate of drug-likeness (QED) is 0.584. The number of ketones is 1. The number of carbonyl (C=O) groups excluding carboxylic acids is 1. The third-order valence-corrected chi connectivity index (χ3v) is 2.36. The molecule has 3 nitrogen and oxygen atoms in total. The van der Waals surface area contributed by atoms with E-state index < -0.39 is 11.8 Å². The van der Waals surface area contributed by atoms with Gasteiger partial charge in [-0.15, -0.1) is 11.8 Å². The Balaban J connectivity index is 2.44. The summed E-state index contributed by atoms with van der Waals surface area (Å²) in [4.78, 5) is 21.8. The Kier molecular flexibility index (Phi) is 3.52. The minimum atomic E-state index is -1.37. The maximum Gasteiger partial charge on any atom is 0.373 e. The molecular formula is C9H8O3S. The van der Waals surface area contributed by atoms with Crippen LogP contribution in [0.2, 0.25) is 0 Å². The van der Waals surface area contributed by atoms with Gasteiger partial charge in [-0.05, 0) is 12.1 Å². The van der Waals surface area contributed by atoms with Gasteiger partial charge in [0.05, 0.1) is 5.75 Å². The van der Waals surface area contributed by atoms with Crippen LogP contribution in [-0.4, -0.2) is 22.6 Å². The van der Waals surface area contributed by atoms with Crippen LogP contribution in [-0.2, 0) is 9.59 Å². The molecule has 1 N–H and O–H groups in total. The highest BCUT2D eigenvalue weighted by molar-refractivity contribution is 8.00. The number of rotatable bonds is 4. The second-order valence-electron chi connectivity index (χ2n) is 2.33. The second-order valence-corrected chi connectivity index (χ2v) is 3.38. The Hall–Kier alpha value is -1.29. The maximum absolute atomic E-state index is 10.7. The fourth-order valence-corrected chi connectivity index (χ4v) is 1.50. The number of carboxylic acid groups (broad SMARTS) is 1. The zero-order valence-electron chi connectivity index (χ0n) is 6.77. The minimum absolute atomic E-state index is 0.0145. The molecule has 0 saturated carbocycles. The van der Waals surface area contributed by atoms with Crippen molar-refractivity contribution in [2.75, 3.05) is 5.75 Å². The Morgan fingerprint density at radius 1 is 1.23 bits per heavy atom. The Bertz CT molecular complexity index is 308. The van der Waals surface area contributed by atoms with Crippen LogP contribution in [0, 0.1) is 0 Å². The molecule has 0 unspecified atom stereocenters. The average molecular weight is 196 g/mol. The molecule has 1 aromatic carbocycles. The van der Waals surface area contributed by atoms with Crippen molar-refractivity contribution in [2.45, 2.75) is 4.90 Å². The number of carbonyl (C=O) groups is 2. The number of carboxylic acids is 1. The van der Waals surface area contributed by atoms with Crippen LogP contribution in [0.4, 0.5) is 0 Å². The molecule has 0 aliphatic rings. The molecule has 68 valence electrons. The number of thioether (sulfide) groups is 1. The largest absolute Gasteiger partial charge is 0.475 e. The lowest BCUT2D eigenvalue weighted by Gasteiger charge is -1.96. The number of aliphatic carboxylic acids is 1. The van der Waals surface area contributed by atoms with Gasteiger partial charge in [-0.25, -0.2) is 4.79 Å². The SMILES string of the molecule is O=C(O)C(=O)CSc1ccccc1. The summed E-state index contributed by atoms with van der Waals surface area (Å²) < 4.78 is 0. The predicted molar refractivity (Wildman–Crippen MR) is 49.8 cm³/mol. The lowest BCUT2D eigenvalue weighted by Crippen LogP contribution is -2.14. The minimum Gasteiger partial charge on any atom is -0.475 e. The Labute approximate surface area is 79.8 Å². The zero-order chi connectivity index (χ0) is 9.68. The van der Waals surface area contributed by atoms with Crippen molar-refractivity contribution in [2.24, 2.45) is 0 Å². The summed E-state index contributed by atoms with van der Waals surface area (Å²) in [6.07, 6.45) is 0. The summed E-state index contributed by atoms with van der Waals surface area (Å²) in [6.45, 7) is 0. The Morgan fingerprint density at radius 2 is 1.85 bits per heavy atom. The van der Waals surface area contributed by atoms with Gasteiger partial charge in [0.2, 0.25) is 5.78 Å². The molecule has 0 atom stereocenters. The van der Waals surface area contributed by atoms with Crippen molar-refractivity contribution >= 4 is 23.5 Å². The van der Waals surface area contributed by atoms with E-state index >= 15 is 0 Å². The molecule has 0 fully saturated rings. The number of hydrogen-bond donors (Lipinski definition) is 1. The van der Waals surface area contributed by atoms with Crippen LogP contribution in [0.1, 0.15) is 0 Å². The molecule has 0 aliphatic carbocycles. The first-order valence-electron chi connectivity index (χ1n) is 3.64. The van der Waals surface area contributed by atoms with Crippen molar-refractivity contribution in [3.63, 3.8) is 0 Å². The molecule has 0 saturated heterocycles. The van der Waals surface area contributed by atoms with Gasteiger partial charge in [0.25, 0.3) is 0 Å². The predicted octanol–water partition coefficient (Wildman–Crippen LogP) is 1.43. The smallest absolute Gasteiger partial charge is 0.373 e. The molecule has 0 heterocycles. The first kappa shape index (κ1) is 9.80. The van der Waals surface area contributed by atoms with Crippen molar-refractivity contribution < 1.29 is 14.7 Å². The highest BCUT2D eigenvalue weighted by Gasteiger charge is 2.10. The van der Waals surface area contributed by atoms with E-state index in [1.807, 2.05) is 30.3 Å². The van der Waals surface area contributed by atoms with Gasteiger partial charge < -0.3 is 5.11 Å². The topological polar surface area (TPSA) is 54.4 Å². The fraction of sp³-hybridized carbons (Fsp3) is 0.111. The number of benzene rings is 1. The van der Waals surface area contributed by atoms with Gasteiger partial charge in [-0.2, -0.15) is 0 Å². The summed E-state index contributed by atoms with van der Waals surface area (Å²) in [5, 5.41) is 8.30. The lowest BCUT2D eigenvalue weighted by atomic mass is 10.4. The van der Waals surface area contributed by atoms with Gasteiger partial charge in [0, 0.05) is 4.90 Å². The molecule has 0 spiro atoms. The summed E-state index contributed by atoms with van der Waals surface area (Å²) in [7, 11) is 0. The normalized spacial score (nSPS) is 9.54. The third kappa shape index (κ3) is 3.29. The van der Waals surface area contributed by atoms with E-state index in [0.717, 1.165) is 4.90 Å². The Morgan fingerprint density at radius 3 is 2.38 bits per heavy atom. The van der Waals surface area contributed by atoms with E-state index in [4.69, 9.17) is 5.11 Å². The van der Waals surface area contributed by atoms with Crippen LogP contribution >= 0.6 is 11.8 Å². The van der Waals surface area contributed by atoms with Crippen molar-refractivity contribution in [1.29, 1.82) is 0 Å². The maximum atomic E-state index is 10.7. The fourth-order valence-electron chi connectivity index (χ4n) is 0.727. The van der Waals surface area contributed by atoms with Crippen LogP contribution in [0.3, 0.4) is 0 Å². The van der Waals surface area contributed by atoms with E-state index in [9.17, 15) is 9.59 Å². The third-order valence-electron chi connectivity index (χ3n) is 1.35. The van der Waals surface area contributed by atoms with Crippen LogP contribution in [0.15, 0.2) is 35.2 Å². The highest BCUT2D eigenvalue weighted by atomic mass is 32.2. The summed E-state index contributed by atoms with van der Waals surface area (Å²) in [6, 6.07) is 9.21. The molecule has 1 rings (SSSR count). The van der Waals surface area contributed by atoms with Crippen molar-refractivity contribution in [3.05, 3.63) is 30.3 Å². The molecular weight excluding hydrogens is 188 g/mol. The summed E-state index contributed by atoms with van der Waals surface area (Å²) in [5.74, 6) is -2.16. The van der Waals surface area contributed by atoms with Gasteiger partial charge in [0.1, 0.15) is 0 Å². The lowest BCUT2D eigenvalue weighted by molar-refractivity contribution is -0.147. The van der Waals surface area contributed by atoms with Gasteiger partial charge in [-0.1, -0.05) is 18.2 Å². The van der Waals surface area contributed by atoms with E-state index in [2.05, 4.69) is 0 Å². The highest BCUT2D eigenvalue weighted by Crippen LogP contribution is 2.16. The molecule has 0 amide bonds. The second kappa shape index (κ2) is 4.67. The summed E-state index contributed by atoms with van der Waals surface area (Å²) >= 11 is 1.23. The van der Waals surface area contributed by atoms with Gasteiger partial charge in [-0.3, -0.25) is 4.79 Å². The standard InChI is InChI=1S/C9H8O3S/c10-8(9(11)12)6-13-7-4-2-1-3-5-7/h1-5H,6H2,(H,11,12). The van der Waals surface area contributed by atoms with Gasteiger partial charge >= 0.3 is 5.97 Å². The molecule has 0 radical (unpaired) electrons. The molecule has 1 aromatic rings. The molecule has 0 aromatic heterocycles. The van der Waals surface area contributed by atoms with Crippen molar-refractivity contribution in [1.82, 2.24) is 0 Å². The van der Waals surface area contributed by atoms with Crippen LogP contribution < -0.4 is 0 Å².